The summed E-state index contributed by atoms with van der Waals surface area (Å²) in [5.41, 5.74) is 7.75. The summed E-state index contributed by atoms with van der Waals surface area (Å²) in [7, 11) is 2.19. The number of hydrogen-bond acceptors (Lipinski definition) is 5. The van der Waals surface area contributed by atoms with Gasteiger partial charge in [0.05, 0.1) is 6.61 Å². The Morgan fingerprint density at radius 1 is 1.46 bits per heavy atom. The van der Waals surface area contributed by atoms with Crippen molar-refractivity contribution in [2.75, 3.05) is 26.7 Å². The molecule has 5 atom stereocenters. The standard InChI is InChI=1S/C20H25ClN2O3/c1-23-7-5-20-12-3-4-15(24)19(20)26-18-16(25-8-2-6-22)10-13(21)11(17(18)20)9-14(12)23/h3-4,10,12,14-15,19,24H,2,5-9,22H2,1H3/t12-,14+,15-,19-,20-/m0/s1. The summed E-state index contributed by atoms with van der Waals surface area (Å²) in [5.74, 6) is 1.82. The minimum Gasteiger partial charge on any atom is -0.490 e. The van der Waals surface area contributed by atoms with E-state index >= 15 is 0 Å². The molecule has 2 aliphatic heterocycles. The van der Waals surface area contributed by atoms with Crippen LogP contribution in [0, 0.1) is 5.92 Å². The number of hydrogen-bond donors (Lipinski definition) is 2. The molecule has 5 rings (SSSR count). The quantitative estimate of drug-likeness (QED) is 0.620. The van der Waals surface area contributed by atoms with Crippen LogP contribution < -0.4 is 15.2 Å². The van der Waals surface area contributed by atoms with E-state index in [1.807, 2.05) is 12.1 Å². The van der Waals surface area contributed by atoms with Gasteiger partial charge >= 0.3 is 0 Å². The smallest absolute Gasteiger partial charge is 0.166 e. The Kier molecular flexibility index (Phi) is 3.80. The Morgan fingerprint density at radius 2 is 2.31 bits per heavy atom. The van der Waals surface area contributed by atoms with Crippen molar-refractivity contribution in [3.05, 3.63) is 34.4 Å². The van der Waals surface area contributed by atoms with E-state index in [1.54, 1.807) is 0 Å². The van der Waals surface area contributed by atoms with Gasteiger partial charge in [0.2, 0.25) is 0 Å². The lowest BCUT2D eigenvalue weighted by atomic mass is 9.53. The van der Waals surface area contributed by atoms with E-state index in [4.69, 9.17) is 26.8 Å². The highest BCUT2D eigenvalue weighted by Crippen LogP contribution is 2.63. The number of piperidine rings is 1. The zero-order valence-electron chi connectivity index (χ0n) is 15.0. The first-order valence-corrected chi connectivity index (χ1v) is 9.87. The van der Waals surface area contributed by atoms with Gasteiger partial charge in [0.15, 0.2) is 11.5 Å². The van der Waals surface area contributed by atoms with Gasteiger partial charge in [-0.25, -0.2) is 0 Å². The summed E-state index contributed by atoms with van der Waals surface area (Å²) >= 11 is 6.71. The first-order valence-electron chi connectivity index (χ1n) is 9.50. The Hall–Kier alpha value is -1.27. The lowest BCUT2D eigenvalue weighted by Gasteiger charge is -2.56. The maximum absolute atomic E-state index is 10.7. The van der Waals surface area contributed by atoms with Crippen LogP contribution in [-0.4, -0.2) is 55.0 Å². The van der Waals surface area contributed by atoms with Gasteiger partial charge in [-0.05, 0) is 45.0 Å². The van der Waals surface area contributed by atoms with Crippen molar-refractivity contribution < 1.29 is 14.6 Å². The molecule has 0 radical (unpaired) electrons. The van der Waals surface area contributed by atoms with Crippen LogP contribution >= 0.6 is 11.6 Å². The molecule has 0 amide bonds. The van der Waals surface area contributed by atoms with Crippen molar-refractivity contribution in [1.29, 1.82) is 0 Å². The number of aliphatic hydroxyl groups excluding tert-OH is 1. The molecule has 140 valence electrons. The van der Waals surface area contributed by atoms with Crippen molar-refractivity contribution >= 4 is 11.6 Å². The highest BCUT2D eigenvalue weighted by atomic mass is 35.5. The fraction of sp³-hybridized carbons (Fsp3) is 0.600. The van der Waals surface area contributed by atoms with E-state index in [0.717, 1.165) is 36.6 Å². The van der Waals surface area contributed by atoms with Crippen LogP contribution in [0.15, 0.2) is 18.2 Å². The predicted molar refractivity (Wildman–Crippen MR) is 100 cm³/mol. The van der Waals surface area contributed by atoms with Gasteiger partial charge in [-0.3, -0.25) is 0 Å². The number of likely N-dealkylation sites (N-methyl/N-ethyl adjacent to an activating group) is 1. The van der Waals surface area contributed by atoms with Crippen LogP contribution in [0.1, 0.15) is 24.0 Å². The molecule has 0 aromatic heterocycles. The van der Waals surface area contributed by atoms with E-state index < -0.39 is 6.10 Å². The van der Waals surface area contributed by atoms with Crippen LogP contribution in [0.3, 0.4) is 0 Å². The number of benzene rings is 1. The molecule has 2 bridgehead atoms. The van der Waals surface area contributed by atoms with E-state index in [9.17, 15) is 5.11 Å². The summed E-state index contributed by atoms with van der Waals surface area (Å²) < 4.78 is 12.4. The molecule has 2 heterocycles. The predicted octanol–water partition coefficient (Wildman–Crippen LogP) is 1.87. The molecule has 0 unspecified atom stereocenters. The van der Waals surface area contributed by atoms with Gasteiger partial charge in [-0.2, -0.15) is 0 Å². The number of likely N-dealkylation sites (tertiary alicyclic amines) is 1. The van der Waals surface area contributed by atoms with Gasteiger partial charge in [-0.15, -0.1) is 0 Å². The normalized spacial score (nSPS) is 36.6. The fourth-order valence-corrected chi connectivity index (χ4v) is 5.91. The lowest BCUT2D eigenvalue weighted by molar-refractivity contribution is -0.0453. The molecule has 1 fully saturated rings. The molecule has 2 aliphatic carbocycles. The second-order valence-corrected chi connectivity index (χ2v) is 8.42. The maximum atomic E-state index is 10.7. The van der Waals surface area contributed by atoms with Crippen molar-refractivity contribution in [3.8, 4) is 11.5 Å². The number of nitrogens with zero attached hydrogens (tertiary/aromatic N) is 1. The van der Waals surface area contributed by atoms with Gasteiger partial charge in [-0.1, -0.05) is 23.8 Å². The maximum Gasteiger partial charge on any atom is 0.166 e. The first-order chi connectivity index (χ1) is 12.6. The van der Waals surface area contributed by atoms with Crippen LogP contribution in [0.25, 0.3) is 0 Å². The molecule has 3 N–H and O–H groups in total. The van der Waals surface area contributed by atoms with Crippen molar-refractivity contribution in [2.24, 2.45) is 11.7 Å². The molecule has 1 spiro atoms. The van der Waals surface area contributed by atoms with Crippen LogP contribution in [0.5, 0.6) is 11.5 Å². The Balaban J connectivity index is 1.70. The molecule has 1 saturated heterocycles. The minimum absolute atomic E-state index is 0.203. The largest absolute Gasteiger partial charge is 0.490 e. The Morgan fingerprint density at radius 3 is 3.12 bits per heavy atom. The summed E-state index contributed by atoms with van der Waals surface area (Å²) in [6.45, 7) is 2.12. The Bertz CT molecular complexity index is 783. The molecule has 6 heteroatoms. The molecular formula is C20H25ClN2O3. The number of halogens is 1. The molecule has 5 nitrogen and oxygen atoms in total. The molecule has 0 saturated carbocycles. The van der Waals surface area contributed by atoms with Gasteiger partial charge in [0.25, 0.3) is 0 Å². The third kappa shape index (κ3) is 2.03. The fourth-order valence-electron chi connectivity index (χ4n) is 5.64. The number of rotatable bonds is 4. The summed E-state index contributed by atoms with van der Waals surface area (Å²) in [5, 5.41) is 11.5. The second kappa shape index (κ2) is 5.86. The zero-order valence-corrected chi connectivity index (χ0v) is 15.7. The van der Waals surface area contributed by atoms with Gasteiger partial charge in [0.1, 0.15) is 12.2 Å². The summed E-state index contributed by atoms with van der Waals surface area (Å²) in [6, 6.07) is 2.27. The van der Waals surface area contributed by atoms with Crippen molar-refractivity contribution in [3.63, 3.8) is 0 Å². The average molecular weight is 377 g/mol. The SMILES string of the molecule is CN1CC[C@]23c4c5c(Cl)cc(OCCCN)c4O[C@H]2[C@@H](O)C=C[C@H]3[C@H]1C5. The number of aliphatic hydroxyl groups is 1. The topological polar surface area (TPSA) is 68.0 Å². The monoisotopic (exact) mass is 376 g/mol. The lowest BCUT2D eigenvalue weighted by Crippen LogP contribution is -2.64. The molecular weight excluding hydrogens is 352 g/mol. The molecule has 1 aromatic rings. The van der Waals surface area contributed by atoms with Crippen LogP contribution in [0.4, 0.5) is 0 Å². The average Bonchev–Trinajstić information content (AvgIpc) is 2.97. The molecule has 4 aliphatic rings. The van der Waals surface area contributed by atoms with E-state index in [1.165, 1.54) is 11.1 Å². The van der Waals surface area contributed by atoms with Crippen LogP contribution in [-0.2, 0) is 11.8 Å². The van der Waals surface area contributed by atoms with Gasteiger partial charge < -0.3 is 25.2 Å². The van der Waals surface area contributed by atoms with E-state index in [0.29, 0.717) is 30.9 Å². The van der Waals surface area contributed by atoms with Crippen molar-refractivity contribution in [2.45, 2.75) is 42.9 Å². The minimum atomic E-state index is -0.607. The number of nitrogens with two attached hydrogens (primary N) is 1. The third-order valence-corrected chi connectivity index (χ3v) is 7.15. The second-order valence-electron chi connectivity index (χ2n) is 8.01. The summed E-state index contributed by atoms with van der Waals surface area (Å²) in [6.07, 6.45) is 5.89. The first kappa shape index (κ1) is 16.9. The van der Waals surface area contributed by atoms with E-state index in [2.05, 4.69) is 18.0 Å². The van der Waals surface area contributed by atoms with E-state index in [-0.39, 0.29) is 11.5 Å². The molecule has 1 aromatic carbocycles. The Labute approximate surface area is 158 Å². The van der Waals surface area contributed by atoms with Crippen molar-refractivity contribution in [1.82, 2.24) is 4.90 Å². The number of ether oxygens (including phenoxy) is 2. The molecule has 26 heavy (non-hydrogen) atoms. The summed E-state index contributed by atoms with van der Waals surface area (Å²) in [4.78, 5) is 2.43. The highest BCUT2D eigenvalue weighted by Gasteiger charge is 2.64. The highest BCUT2D eigenvalue weighted by molar-refractivity contribution is 6.31. The van der Waals surface area contributed by atoms with Gasteiger partial charge in [0, 0.05) is 34.0 Å². The van der Waals surface area contributed by atoms with Crippen LogP contribution in [0.2, 0.25) is 5.02 Å². The zero-order chi connectivity index (χ0) is 18.1. The third-order valence-electron chi connectivity index (χ3n) is 6.82.